The molecule has 0 atom stereocenters. The lowest BCUT2D eigenvalue weighted by Gasteiger charge is -2.13. The number of aromatic hydroxyl groups is 4. The summed E-state index contributed by atoms with van der Waals surface area (Å²) in [5, 5.41) is 42.2. The van der Waals surface area contributed by atoms with Crippen LogP contribution in [0.5, 0.6) is 23.0 Å². The Kier molecular flexibility index (Phi) is 7.40. The molecule has 0 unspecified atom stereocenters. The average molecular weight is 465 g/mol. The van der Waals surface area contributed by atoms with E-state index in [9.17, 15) is 25.2 Å². The Hall–Kier alpha value is -3.67. The van der Waals surface area contributed by atoms with E-state index in [1.165, 1.54) is 17.7 Å². The monoisotopic (exact) mass is 464 g/mol. The standard InChI is InChI=1S/C28H32O6/c1-15(2)7-6-8-17(5)10-12-19-24-22(14-21(30)26(19)31)34-23-13-20(29)18(11-9-16(3)4)27(32)25(23)28(24)33/h7,9-10,13-14,29-32H,6,8,11-12H2,1-5H3/b17-10-. The highest BCUT2D eigenvalue weighted by Crippen LogP contribution is 2.40. The molecule has 0 aliphatic heterocycles. The molecule has 1 heterocycles. The predicted molar refractivity (Wildman–Crippen MR) is 136 cm³/mol. The van der Waals surface area contributed by atoms with E-state index in [-0.39, 0.29) is 57.4 Å². The summed E-state index contributed by atoms with van der Waals surface area (Å²) in [5.74, 6) is -1.34. The summed E-state index contributed by atoms with van der Waals surface area (Å²) in [7, 11) is 0. The van der Waals surface area contributed by atoms with Crippen LogP contribution in [0, 0.1) is 0 Å². The molecular weight excluding hydrogens is 432 g/mol. The molecule has 0 radical (unpaired) electrons. The van der Waals surface area contributed by atoms with Gasteiger partial charge in [0.1, 0.15) is 28.1 Å². The van der Waals surface area contributed by atoms with Crippen molar-refractivity contribution in [1.29, 1.82) is 0 Å². The summed E-state index contributed by atoms with van der Waals surface area (Å²) in [6, 6.07) is 2.46. The third kappa shape index (κ3) is 5.11. The van der Waals surface area contributed by atoms with Crippen LogP contribution in [0.3, 0.4) is 0 Å². The summed E-state index contributed by atoms with van der Waals surface area (Å²) in [6.07, 6.45) is 8.05. The number of hydrogen-bond acceptors (Lipinski definition) is 6. The van der Waals surface area contributed by atoms with Crippen LogP contribution in [0.2, 0.25) is 0 Å². The molecule has 34 heavy (non-hydrogen) atoms. The van der Waals surface area contributed by atoms with E-state index in [1.807, 2.05) is 46.8 Å². The van der Waals surface area contributed by atoms with Crippen molar-refractivity contribution in [2.45, 2.75) is 60.3 Å². The van der Waals surface area contributed by atoms with Crippen molar-refractivity contribution in [2.75, 3.05) is 0 Å². The van der Waals surface area contributed by atoms with Crippen LogP contribution in [-0.2, 0) is 12.8 Å². The lowest BCUT2D eigenvalue weighted by molar-refractivity contribution is 0.400. The van der Waals surface area contributed by atoms with Gasteiger partial charge in [0.25, 0.3) is 0 Å². The van der Waals surface area contributed by atoms with Crippen LogP contribution in [0.25, 0.3) is 21.9 Å². The molecule has 3 rings (SSSR count). The maximum Gasteiger partial charge on any atom is 0.204 e. The highest BCUT2D eigenvalue weighted by Gasteiger charge is 2.22. The number of phenolic OH excluding ortho intramolecular Hbond substituents is 4. The first kappa shape index (κ1) is 25.0. The van der Waals surface area contributed by atoms with Gasteiger partial charge in [0.15, 0.2) is 11.5 Å². The highest BCUT2D eigenvalue weighted by molar-refractivity contribution is 5.97. The third-order valence-electron chi connectivity index (χ3n) is 5.82. The fraction of sp³-hybridized carbons (Fsp3) is 0.321. The van der Waals surface area contributed by atoms with Gasteiger partial charge in [-0.2, -0.15) is 0 Å². The first-order valence-corrected chi connectivity index (χ1v) is 11.3. The van der Waals surface area contributed by atoms with Crippen LogP contribution in [0.1, 0.15) is 58.6 Å². The zero-order valence-corrected chi connectivity index (χ0v) is 20.3. The number of fused-ring (bicyclic) bond motifs is 2. The molecule has 3 aromatic rings. The fourth-order valence-corrected chi connectivity index (χ4v) is 3.90. The van der Waals surface area contributed by atoms with E-state index in [2.05, 4.69) is 6.08 Å². The molecule has 1 aromatic heterocycles. The summed E-state index contributed by atoms with van der Waals surface area (Å²) < 4.78 is 5.81. The molecule has 180 valence electrons. The largest absolute Gasteiger partial charge is 0.507 e. The van der Waals surface area contributed by atoms with Gasteiger partial charge in [0.2, 0.25) is 5.43 Å². The minimum atomic E-state index is -0.534. The minimum Gasteiger partial charge on any atom is -0.507 e. The normalized spacial score (nSPS) is 11.7. The summed E-state index contributed by atoms with van der Waals surface area (Å²) in [5.41, 5.74) is 3.30. The smallest absolute Gasteiger partial charge is 0.204 e. The molecule has 0 fully saturated rings. The van der Waals surface area contributed by atoms with Gasteiger partial charge in [-0.1, -0.05) is 34.9 Å². The molecule has 0 bridgehead atoms. The Bertz CT molecular complexity index is 1390. The van der Waals surface area contributed by atoms with E-state index < -0.39 is 16.9 Å². The van der Waals surface area contributed by atoms with E-state index in [0.29, 0.717) is 0 Å². The van der Waals surface area contributed by atoms with E-state index >= 15 is 0 Å². The molecule has 4 N–H and O–H groups in total. The second-order valence-electron chi connectivity index (χ2n) is 9.18. The Labute approximate surface area is 198 Å². The number of allylic oxidation sites excluding steroid dienone is 6. The summed E-state index contributed by atoms with van der Waals surface area (Å²) in [6.45, 7) is 9.85. The van der Waals surface area contributed by atoms with Gasteiger partial charge in [-0.15, -0.1) is 0 Å². The molecule has 0 saturated heterocycles. The van der Waals surface area contributed by atoms with Crippen molar-refractivity contribution >= 4 is 21.9 Å². The van der Waals surface area contributed by atoms with Crippen molar-refractivity contribution in [3.05, 3.63) is 68.4 Å². The second kappa shape index (κ2) is 10.1. The van der Waals surface area contributed by atoms with Crippen molar-refractivity contribution in [3.63, 3.8) is 0 Å². The molecule has 6 heteroatoms. The lowest BCUT2D eigenvalue weighted by Crippen LogP contribution is -2.07. The quantitative estimate of drug-likeness (QED) is 0.180. The maximum atomic E-state index is 13.5. The number of benzene rings is 2. The Balaban J connectivity index is 2.21. The Morgan fingerprint density at radius 3 is 2.00 bits per heavy atom. The predicted octanol–water partition coefficient (Wildman–Crippen LogP) is 6.51. The lowest BCUT2D eigenvalue weighted by atomic mass is 9.98. The van der Waals surface area contributed by atoms with Gasteiger partial charge >= 0.3 is 0 Å². The molecule has 6 nitrogen and oxygen atoms in total. The van der Waals surface area contributed by atoms with Crippen LogP contribution in [0.4, 0.5) is 0 Å². The molecule has 0 spiro atoms. The number of phenols is 4. The molecule has 0 saturated carbocycles. The second-order valence-corrected chi connectivity index (χ2v) is 9.18. The first-order chi connectivity index (χ1) is 16.0. The third-order valence-corrected chi connectivity index (χ3v) is 5.82. The molecule has 2 aromatic carbocycles. The zero-order chi connectivity index (χ0) is 25.2. The van der Waals surface area contributed by atoms with Crippen LogP contribution >= 0.6 is 0 Å². The molecular formula is C28H32O6. The zero-order valence-electron chi connectivity index (χ0n) is 20.3. The highest BCUT2D eigenvalue weighted by atomic mass is 16.3. The Morgan fingerprint density at radius 2 is 1.35 bits per heavy atom. The van der Waals surface area contributed by atoms with Gasteiger partial charge in [0.05, 0.1) is 5.39 Å². The fourth-order valence-electron chi connectivity index (χ4n) is 3.90. The average Bonchev–Trinajstić information content (AvgIpc) is 2.73. The van der Waals surface area contributed by atoms with Crippen molar-refractivity contribution in [1.82, 2.24) is 0 Å². The van der Waals surface area contributed by atoms with Crippen LogP contribution in [0.15, 0.2) is 56.3 Å². The van der Waals surface area contributed by atoms with Gasteiger partial charge in [-0.25, -0.2) is 0 Å². The minimum absolute atomic E-state index is 0.00191. The first-order valence-electron chi connectivity index (χ1n) is 11.3. The summed E-state index contributed by atoms with van der Waals surface area (Å²) >= 11 is 0. The molecule has 0 aliphatic carbocycles. The van der Waals surface area contributed by atoms with Crippen molar-refractivity contribution < 1.29 is 24.8 Å². The van der Waals surface area contributed by atoms with Gasteiger partial charge in [0, 0.05) is 23.3 Å². The molecule has 0 aliphatic rings. The van der Waals surface area contributed by atoms with E-state index in [4.69, 9.17) is 4.42 Å². The van der Waals surface area contributed by atoms with E-state index in [1.54, 1.807) is 0 Å². The van der Waals surface area contributed by atoms with Gasteiger partial charge in [-0.05, 0) is 60.3 Å². The van der Waals surface area contributed by atoms with Gasteiger partial charge < -0.3 is 24.8 Å². The number of hydrogen-bond donors (Lipinski definition) is 4. The topological polar surface area (TPSA) is 111 Å². The van der Waals surface area contributed by atoms with E-state index in [0.717, 1.165) is 24.0 Å². The number of rotatable bonds is 7. The van der Waals surface area contributed by atoms with Crippen molar-refractivity contribution in [3.8, 4) is 23.0 Å². The van der Waals surface area contributed by atoms with Gasteiger partial charge in [-0.3, -0.25) is 4.79 Å². The molecule has 0 amide bonds. The van der Waals surface area contributed by atoms with Crippen LogP contribution < -0.4 is 5.43 Å². The maximum absolute atomic E-state index is 13.5. The summed E-state index contributed by atoms with van der Waals surface area (Å²) in [4.78, 5) is 13.5. The SMILES string of the molecule is CC(C)=CCC/C(C)=C\Cc1c(O)c(O)cc2oc3cc(O)c(CC=C(C)C)c(O)c3c(=O)c12. The Morgan fingerprint density at radius 1 is 0.765 bits per heavy atom. The van der Waals surface area contributed by atoms with Crippen LogP contribution in [-0.4, -0.2) is 20.4 Å². The van der Waals surface area contributed by atoms with Crippen molar-refractivity contribution in [2.24, 2.45) is 0 Å².